The van der Waals surface area contributed by atoms with Crippen molar-refractivity contribution in [2.75, 3.05) is 0 Å². The average molecular weight is 498 g/mol. The summed E-state index contributed by atoms with van der Waals surface area (Å²) in [5.41, 5.74) is 0.394. The number of benzene rings is 2. The first-order valence-corrected chi connectivity index (χ1v) is 11.0. The van der Waals surface area contributed by atoms with Crippen LogP contribution in [-0.4, -0.2) is 5.97 Å². The first kappa shape index (κ1) is 19.6. The molecule has 0 aromatic heterocycles. The maximum atomic E-state index is 13.9. The summed E-state index contributed by atoms with van der Waals surface area (Å²) >= 11 is -2.68. The molecular formula is C18H12F5IO3. The second-order valence-electron chi connectivity index (χ2n) is 5.45. The number of hydrogen-bond acceptors (Lipinski definition) is 3. The Morgan fingerprint density at radius 2 is 1.63 bits per heavy atom. The summed E-state index contributed by atoms with van der Waals surface area (Å²) < 4.78 is 80.2. The molecule has 0 saturated heterocycles. The molecule has 1 aliphatic rings. The van der Waals surface area contributed by atoms with Crippen LogP contribution in [0.15, 0.2) is 34.1 Å². The van der Waals surface area contributed by atoms with Crippen LogP contribution in [0, 0.1) is 32.7 Å². The molecule has 3 nitrogen and oxygen atoms in total. The van der Waals surface area contributed by atoms with Gasteiger partial charge in [0.15, 0.2) is 0 Å². The van der Waals surface area contributed by atoms with E-state index in [9.17, 15) is 26.7 Å². The van der Waals surface area contributed by atoms with Crippen molar-refractivity contribution >= 4 is 26.2 Å². The molecule has 0 fully saturated rings. The van der Waals surface area contributed by atoms with Gasteiger partial charge in [-0.25, -0.2) is 0 Å². The predicted molar refractivity (Wildman–Crippen MR) is 94.4 cm³/mol. The number of carbonyl (C=O) groups is 1. The molecular weight excluding hydrogens is 486 g/mol. The number of fused-ring (bicyclic) bond motifs is 1. The van der Waals surface area contributed by atoms with E-state index in [1.54, 1.807) is 31.2 Å². The molecule has 0 N–H and O–H groups in total. The zero-order valence-electron chi connectivity index (χ0n) is 13.8. The zero-order valence-corrected chi connectivity index (χ0v) is 16.0. The molecule has 3 rings (SSSR count). The van der Waals surface area contributed by atoms with Crippen LogP contribution in [-0.2, 0) is 3.07 Å². The quantitative estimate of drug-likeness (QED) is 0.170. The number of rotatable bonds is 5. The Balaban J connectivity index is 1.99. The van der Waals surface area contributed by atoms with E-state index in [0.29, 0.717) is 15.6 Å². The van der Waals surface area contributed by atoms with Crippen molar-refractivity contribution in [1.29, 1.82) is 0 Å². The molecule has 27 heavy (non-hydrogen) atoms. The Bertz CT molecular complexity index is 916. The van der Waals surface area contributed by atoms with Crippen molar-refractivity contribution in [3.05, 3.63) is 72.3 Å². The normalized spacial score (nSPS) is 15.0. The molecule has 2 aromatic carbocycles. The molecule has 0 unspecified atom stereocenters. The fraction of sp³-hybridized carbons (Fsp3) is 0.167. The van der Waals surface area contributed by atoms with E-state index in [1.165, 1.54) is 4.08 Å². The van der Waals surface area contributed by atoms with Gasteiger partial charge in [0.1, 0.15) is 0 Å². The summed E-state index contributed by atoms with van der Waals surface area (Å²) in [5.74, 6) is -12.4. The van der Waals surface area contributed by atoms with E-state index in [4.69, 9.17) is 7.80 Å². The van der Waals surface area contributed by atoms with Crippen molar-refractivity contribution in [2.45, 2.75) is 19.8 Å². The van der Waals surface area contributed by atoms with Gasteiger partial charge < -0.3 is 0 Å². The first-order valence-electron chi connectivity index (χ1n) is 7.75. The molecule has 0 bridgehead atoms. The maximum absolute atomic E-state index is 13.9. The van der Waals surface area contributed by atoms with Crippen molar-refractivity contribution in [3.8, 4) is 5.75 Å². The topological polar surface area (TPSA) is 35.5 Å². The first-order chi connectivity index (χ1) is 12.8. The van der Waals surface area contributed by atoms with Gasteiger partial charge in [0.25, 0.3) is 0 Å². The van der Waals surface area contributed by atoms with Crippen molar-refractivity contribution in [3.63, 3.8) is 0 Å². The van der Waals surface area contributed by atoms with Crippen LogP contribution in [0.2, 0.25) is 0 Å². The van der Waals surface area contributed by atoms with Gasteiger partial charge in [-0.2, -0.15) is 0 Å². The molecule has 0 radical (unpaired) electrons. The third kappa shape index (κ3) is 3.64. The second-order valence-corrected chi connectivity index (χ2v) is 9.24. The zero-order chi connectivity index (χ0) is 19.7. The summed E-state index contributed by atoms with van der Waals surface area (Å²) in [6.45, 7) is 1.74. The van der Waals surface area contributed by atoms with Crippen molar-refractivity contribution in [1.82, 2.24) is 0 Å². The Kier molecular flexibility index (Phi) is 5.68. The van der Waals surface area contributed by atoms with Gasteiger partial charge in [-0.1, -0.05) is 0 Å². The molecule has 1 aliphatic heterocycles. The van der Waals surface area contributed by atoms with Gasteiger partial charge in [0, 0.05) is 0 Å². The van der Waals surface area contributed by atoms with Crippen LogP contribution in [0.25, 0.3) is 0 Å². The third-order valence-electron chi connectivity index (χ3n) is 3.57. The molecule has 0 atom stereocenters. The van der Waals surface area contributed by atoms with Crippen molar-refractivity contribution < 1.29 is 34.5 Å². The van der Waals surface area contributed by atoms with Crippen LogP contribution in [0.1, 0.15) is 30.1 Å². The number of halogens is 6. The van der Waals surface area contributed by atoms with Crippen LogP contribution in [0.5, 0.6) is 5.75 Å². The molecule has 2 aromatic rings. The van der Waals surface area contributed by atoms with Crippen LogP contribution >= 0.6 is 20.2 Å². The number of allylic oxidation sites excluding steroid dienone is 1. The summed E-state index contributed by atoms with van der Waals surface area (Å²) in [5, 5.41) is 0. The van der Waals surface area contributed by atoms with E-state index in [0.717, 1.165) is 0 Å². The Morgan fingerprint density at radius 1 is 1.04 bits per heavy atom. The minimum absolute atomic E-state index is 0.0181. The average Bonchev–Trinajstić information content (AvgIpc) is 2.98. The van der Waals surface area contributed by atoms with Crippen molar-refractivity contribution in [2.24, 2.45) is 0 Å². The number of hydrogen-bond donors (Lipinski definition) is 0. The summed E-state index contributed by atoms with van der Waals surface area (Å²) in [4.78, 5) is 11.9. The Hall–Kier alpha value is -2.17. The van der Waals surface area contributed by atoms with Crippen LogP contribution in [0.3, 0.4) is 0 Å². The fourth-order valence-corrected chi connectivity index (χ4v) is 6.29. The molecule has 0 aliphatic carbocycles. The second kappa shape index (κ2) is 7.83. The standard InChI is InChI=1S/C18H12F5IO3/c1-2-5-9(8-24-11-7-4-3-6-10(11)18(25)27-24)26-17-15(22)13(20)12(19)14(21)16(17)23/h3-4,6-8H,2,5H2,1H3/b9-8-. The number of ether oxygens (including phenoxy) is 1. The SMILES string of the molecule is CCC/C(=C/I1OC(=O)c2ccccc21)Oc1c(F)c(F)c(F)c(F)c1F. The monoisotopic (exact) mass is 498 g/mol. The van der Waals surface area contributed by atoms with Gasteiger partial charge in [-0.3, -0.25) is 0 Å². The minimum atomic E-state index is -2.68. The molecule has 0 saturated carbocycles. The summed E-state index contributed by atoms with van der Waals surface area (Å²) in [6, 6.07) is 6.67. The van der Waals surface area contributed by atoms with Gasteiger partial charge in [-0.05, 0) is 0 Å². The molecule has 0 amide bonds. The van der Waals surface area contributed by atoms with Gasteiger partial charge >= 0.3 is 159 Å². The van der Waals surface area contributed by atoms with E-state index in [2.05, 4.69) is 0 Å². The van der Waals surface area contributed by atoms with E-state index in [-0.39, 0.29) is 12.2 Å². The summed E-state index contributed by atoms with van der Waals surface area (Å²) in [6.07, 6.45) is 0.633. The predicted octanol–water partition coefficient (Wildman–Crippen LogP) is 5.86. The fourth-order valence-electron chi connectivity index (χ4n) is 2.32. The molecule has 1 heterocycles. The molecule has 144 valence electrons. The van der Waals surface area contributed by atoms with Crippen LogP contribution in [0.4, 0.5) is 22.0 Å². The van der Waals surface area contributed by atoms with Crippen LogP contribution < -0.4 is 4.74 Å². The van der Waals surface area contributed by atoms with E-state index in [1.807, 2.05) is 0 Å². The van der Waals surface area contributed by atoms with Gasteiger partial charge in [0.05, 0.1) is 0 Å². The molecule has 9 heteroatoms. The van der Waals surface area contributed by atoms with E-state index >= 15 is 0 Å². The van der Waals surface area contributed by atoms with E-state index < -0.39 is 61.0 Å². The van der Waals surface area contributed by atoms with Gasteiger partial charge in [-0.15, -0.1) is 0 Å². The Morgan fingerprint density at radius 3 is 2.26 bits per heavy atom. The molecule has 0 spiro atoms. The summed E-state index contributed by atoms with van der Waals surface area (Å²) in [7, 11) is 0. The third-order valence-corrected chi connectivity index (χ3v) is 7.79. The Labute approximate surface area is 158 Å². The number of carbonyl (C=O) groups excluding carboxylic acids is 1. The van der Waals surface area contributed by atoms with Gasteiger partial charge in [0.2, 0.25) is 0 Å².